The van der Waals surface area contributed by atoms with E-state index < -0.39 is 11.7 Å². The van der Waals surface area contributed by atoms with Crippen molar-refractivity contribution >= 4 is 23.1 Å². The number of nitrogens with zero attached hydrogens (tertiary/aromatic N) is 2. The van der Waals surface area contributed by atoms with Crippen molar-refractivity contribution < 1.29 is 13.2 Å². The summed E-state index contributed by atoms with van der Waals surface area (Å²) in [5.74, 6) is 0. The van der Waals surface area contributed by atoms with Gasteiger partial charge >= 0.3 is 6.18 Å². The van der Waals surface area contributed by atoms with Crippen LogP contribution in [-0.4, -0.2) is 44.2 Å². The monoisotopic (exact) mass is 407 g/mol. The molecule has 1 fully saturated rings. The Labute approximate surface area is 167 Å². The first-order chi connectivity index (χ1) is 13.5. The second-order valence-corrected chi connectivity index (χ2v) is 8.28. The van der Waals surface area contributed by atoms with Crippen LogP contribution in [0.5, 0.6) is 0 Å². The highest BCUT2D eigenvalue weighted by atomic mass is 32.2. The summed E-state index contributed by atoms with van der Waals surface area (Å²) in [6.45, 7) is 5.83. The largest absolute Gasteiger partial charge is 0.416 e. The number of rotatable bonds is 4. The molecule has 4 rings (SSSR count). The molecule has 2 aliphatic heterocycles. The van der Waals surface area contributed by atoms with Gasteiger partial charge in [-0.3, -0.25) is 0 Å². The zero-order chi connectivity index (χ0) is 19.6. The van der Waals surface area contributed by atoms with Crippen LogP contribution >= 0.6 is 11.8 Å². The van der Waals surface area contributed by atoms with Gasteiger partial charge in [0.1, 0.15) is 0 Å². The number of benzene rings is 2. The van der Waals surface area contributed by atoms with Gasteiger partial charge in [0.25, 0.3) is 0 Å². The van der Waals surface area contributed by atoms with Crippen LogP contribution in [0, 0.1) is 0 Å². The maximum atomic E-state index is 13.3. The minimum Gasteiger partial charge on any atom is -0.340 e. The van der Waals surface area contributed by atoms with Gasteiger partial charge in [-0.15, -0.1) is 0 Å². The molecule has 0 unspecified atom stereocenters. The van der Waals surface area contributed by atoms with Crippen LogP contribution in [0.2, 0.25) is 0 Å². The van der Waals surface area contributed by atoms with E-state index >= 15 is 0 Å². The van der Waals surface area contributed by atoms with Crippen LogP contribution in [0.25, 0.3) is 0 Å². The Balaban J connectivity index is 1.56. The van der Waals surface area contributed by atoms with E-state index in [0.717, 1.165) is 61.0 Å². The van der Waals surface area contributed by atoms with Gasteiger partial charge in [0.2, 0.25) is 0 Å². The van der Waals surface area contributed by atoms with E-state index in [4.69, 9.17) is 0 Å². The third-order valence-corrected chi connectivity index (χ3v) is 6.37. The van der Waals surface area contributed by atoms with E-state index in [2.05, 4.69) is 15.1 Å². The average Bonchev–Trinajstić information content (AvgIpc) is 2.95. The fourth-order valence-corrected chi connectivity index (χ4v) is 4.90. The summed E-state index contributed by atoms with van der Waals surface area (Å²) < 4.78 is 39.8. The van der Waals surface area contributed by atoms with Gasteiger partial charge in [-0.05, 0) is 62.8 Å². The minimum atomic E-state index is -4.33. The summed E-state index contributed by atoms with van der Waals surface area (Å²) in [6, 6.07) is 12.0. The molecule has 0 aromatic heterocycles. The van der Waals surface area contributed by atoms with Gasteiger partial charge in [-0.25, -0.2) is 0 Å². The lowest BCUT2D eigenvalue weighted by molar-refractivity contribution is -0.137. The Hall–Kier alpha value is -1.70. The van der Waals surface area contributed by atoms with Crippen molar-refractivity contribution in [3.8, 4) is 0 Å². The third-order valence-electron chi connectivity index (χ3n) is 5.24. The first-order valence-corrected chi connectivity index (χ1v) is 10.5. The summed E-state index contributed by atoms with van der Waals surface area (Å²) in [5.41, 5.74) is 1.07. The molecule has 0 bridgehead atoms. The van der Waals surface area contributed by atoms with Crippen molar-refractivity contribution in [3.63, 3.8) is 0 Å². The van der Waals surface area contributed by atoms with Crippen LogP contribution in [0.1, 0.15) is 18.4 Å². The van der Waals surface area contributed by atoms with Gasteiger partial charge in [-0.1, -0.05) is 23.9 Å². The fourth-order valence-electron chi connectivity index (χ4n) is 3.82. The molecule has 0 spiro atoms. The molecule has 0 atom stereocenters. The molecule has 1 saturated heterocycles. The summed E-state index contributed by atoms with van der Waals surface area (Å²) in [6.07, 6.45) is -2.28. The number of nitrogens with one attached hydrogen (secondary N) is 1. The number of halogens is 3. The molecular weight excluding hydrogens is 383 g/mol. The molecule has 1 N–H and O–H groups in total. The highest BCUT2D eigenvalue weighted by Crippen LogP contribution is 2.49. The highest BCUT2D eigenvalue weighted by molar-refractivity contribution is 7.99. The number of para-hydroxylation sites is 1. The van der Waals surface area contributed by atoms with E-state index in [9.17, 15) is 13.2 Å². The zero-order valence-corrected chi connectivity index (χ0v) is 16.5. The molecular formula is C21H24F3N3S. The second-order valence-electron chi connectivity index (χ2n) is 7.20. The molecule has 7 heteroatoms. The molecule has 2 aromatic rings. The van der Waals surface area contributed by atoms with Gasteiger partial charge in [0, 0.05) is 29.4 Å². The molecule has 0 amide bonds. The summed E-state index contributed by atoms with van der Waals surface area (Å²) in [4.78, 5) is 6.48. The predicted molar refractivity (Wildman–Crippen MR) is 108 cm³/mol. The fraction of sp³-hybridized carbons (Fsp3) is 0.429. The second kappa shape index (κ2) is 8.35. The lowest BCUT2D eigenvalue weighted by Gasteiger charge is -2.34. The van der Waals surface area contributed by atoms with Gasteiger partial charge in [0.15, 0.2) is 0 Å². The van der Waals surface area contributed by atoms with E-state index in [0.29, 0.717) is 12.2 Å². The lowest BCUT2D eigenvalue weighted by Crippen LogP contribution is -2.31. The predicted octanol–water partition coefficient (Wildman–Crippen LogP) is 4.99. The summed E-state index contributed by atoms with van der Waals surface area (Å²) >= 11 is 1.54. The maximum absolute atomic E-state index is 13.3. The molecule has 0 radical (unpaired) electrons. The molecule has 2 heterocycles. The third kappa shape index (κ3) is 4.31. The van der Waals surface area contributed by atoms with E-state index in [1.54, 1.807) is 17.8 Å². The van der Waals surface area contributed by atoms with Crippen LogP contribution in [0.3, 0.4) is 0 Å². The highest BCUT2D eigenvalue weighted by Gasteiger charge is 2.33. The van der Waals surface area contributed by atoms with Crippen LogP contribution in [0.15, 0.2) is 52.3 Å². The molecule has 28 heavy (non-hydrogen) atoms. The minimum absolute atomic E-state index is 0.588. The van der Waals surface area contributed by atoms with Crippen molar-refractivity contribution in [2.75, 3.05) is 44.2 Å². The molecule has 0 aliphatic carbocycles. The zero-order valence-electron chi connectivity index (χ0n) is 15.6. The van der Waals surface area contributed by atoms with E-state index in [1.165, 1.54) is 12.1 Å². The number of anilines is 2. The van der Waals surface area contributed by atoms with E-state index in [-0.39, 0.29) is 0 Å². The summed E-state index contributed by atoms with van der Waals surface area (Å²) in [5, 5.41) is 3.40. The Morgan fingerprint density at radius 1 is 0.929 bits per heavy atom. The maximum Gasteiger partial charge on any atom is 0.416 e. The van der Waals surface area contributed by atoms with Gasteiger partial charge in [-0.2, -0.15) is 13.2 Å². The number of hydrogen-bond acceptors (Lipinski definition) is 4. The Bertz CT molecular complexity index is 817. The smallest absolute Gasteiger partial charge is 0.340 e. The molecule has 150 valence electrons. The number of alkyl halides is 3. The van der Waals surface area contributed by atoms with Crippen molar-refractivity contribution in [2.45, 2.75) is 28.8 Å². The summed E-state index contributed by atoms with van der Waals surface area (Å²) in [7, 11) is 0. The van der Waals surface area contributed by atoms with Gasteiger partial charge < -0.3 is 15.1 Å². The van der Waals surface area contributed by atoms with Crippen LogP contribution in [-0.2, 0) is 6.18 Å². The molecule has 0 saturated carbocycles. The first kappa shape index (κ1) is 19.6. The van der Waals surface area contributed by atoms with Crippen molar-refractivity contribution in [2.24, 2.45) is 0 Å². The number of fused-ring (bicyclic) bond motifs is 2. The van der Waals surface area contributed by atoms with Crippen molar-refractivity contribution in [3.05, 3.63) is 48.0 Å². The van der Waals surface area contributed by atoms with Crippen molar-refractivity contribution in [1.82, 2.24) is 10.2 Å². The standard InChI is InChI=1S/C21H24F3N3S/c22-21(23,24)16-7-8-20-18(15-16)27(17-5-1-2-6-19(17)28-20)13-4-12-26-11-3-9-25-10-14-26/h1-2,5-8,15,25H,3-4,9-14H2. The normalized spacial score (nSPS) is 17.8. The van der Waals surface area contributed by atoms with Crippen molar-refractivity contribution in [1.29, 1.82) is 0 Å². The molecule has 2 aliphatic rings. The van der Waals surface area contributed by atoms with E-state index in [1.807, 2.05) is 24.3 Å². The Morgan fingerprint density at radius 2 is 1.75 bits per heavy atom. The Morgan fingerprint density at radius 3 is 2.61 bits per heavy atom. The van der Waals surface area contributed by atoms with Crippen LogP contribution < -0.4 is 10.2 Å². The molecule has 3 nitrogen and oxygen atoms in total. The number of hydrogen-bond donors (Lipinski definition) is 1. The average molecular weight is 408 g/mol. The Kier molecular flexibility index (Phi) is 5.85. The van der Waals surface area contributed by atoms with Gasteiger partial charge in [0.05, 0.1) is 16.9 Å². The topological polar surface area (TPSA) is 18.5 Å². The first-order valence-electron chi connectivity index (χ1n) is 9.71. The quantitative estimate of drug-likeness (QED) is 0.769. The molecule has 2 aromatic carbocycles. The lowest BCUT2D eigenvalue weighted by atomic mass is 10.1. The van der Waals surface area contributed by atoms with Crippen LogP contribution in [0.4, 0.5) is 24.5 Å². The SMILES string of the molecule is FC(F)(F)c1ccc2c(c1)N(CCCN1CCCNCC1)c1ccccc1S2.